The summed E-state index contributed by atoms with van der Waals surface area (Å²) in [6, 6.07) is 10.8. The van der Waals surface area contributed by atoms with E-state index in [1.807, 2.05) is 32.0 Å². The van der Waals surface area contributed by atoms with E-state index in [0.717, 1.165) is 16.9 Å². The van der Waals surface area contributed by atoms with Crippen LogP contribution in [0.15, 0.2) is 36.4 Å². The zero-order valence-electron chi connectivity index (χ0n) is 12.5. The number of ether oxygens (including phenoxy) is 1. The minimum atomic E-state index is -1.01. The number of carboxylic acids is 1. The van der Waals surface area contributed by atoms with Gasteiger partial charge in [0.25, 0.3) is 0 Å². The molecular formula is C17H18ClNO3. The lowest BCUT2D eigenvalue weighted by atomic mass is 10.1. The van der Waals surface area contributed by atoms with Crippen LogP contribution in [0.25, 0.3) is 0 Å². The van der Waals surface area contributed by atoms with Crippen molar-refractivity contribution in [3.05, 3.63) is 58.1 Å². The molecule has 0 unspecified atom stereocenters. The van der Waals surface area contributed by atoms with E-state index in [-0.39, 0.29) is 5.56 Å². The Morgan fingerprint density at radius 3 is 2.77 bits per heavy atom. The van der Waals surface area contributed by atoms with E-state index in [1.165, 1.54) is 6.07 Å². The zero-order valence-corrected chi connectivity index (χ0v) is 13.3. The number of nitrogens with one attached hydrogen (secondary N) is 1. The molecule has 116 valence electrons. The highest BCUT2D eigenvalue weighted by molar-refractivity contribution is 6.34. The van der Waals surface area contributed by atoms with E-state index in [1.54, 1.807) is 12.1 Å². The van der Waals surface area contributed by atoms with Crippen LogP contribution in [0, 0.1) is 13.8 Å². The van der Waals surface area contributed by atoms with Crippen LogP contribution in [-0.2, 0) is 0 Å². The van der Waals surface area contributed by atoms with Crippen LogP contribution in [0.4, 0.5) is 5.69 Å². The van der Waals surface area contributed by atoms with Gasteiger partial charge >= 0.3 is 5.97 Å². The first kappa shape index (κ1) is 16.2. The van der Waals surface area contributed by atoms with Crippen molar-refractivity contribution in [3.8, 4) is 5.75 Å². The molecule has 2 rings (SSSR count). The molecule has 0 aliphatic rings. The number of para-hydroxylation sites is 1. The minimum absolute atomic E-state index is 0.152. The fraction of sp³-hybridized carbons (Fsp3) is 0.235. The van der Waals surface area contributed by atoms with Gasteiger partial charge in [0, 0.05) is 6.54 Å². The number of carboxylic acid groups (broad SMARTS) is 1. The maximum absolute atomic E-state index is 11.2. The van der Waals surface area contributed by atoms with Gasteiger partial charge in [-0.3, -0.25) is 0 Å². The summed E-state index contributed by atoms with van der Waals surface area (Å²) >= 11 is 6.05. The first-order valence-electron chi connectivity index (χ1n) is 6.95. The molecule has 2 N–H and O–H groups in total. The Hall–Kier alpha value is -2.20. The van der Waals surface area contributed by atoms with Crippen LogP contribution in [0.5, 0.6) is 5.75 Å². The van der Waals surface area contributed by atoms with Crippen LogP contribution >= 0.6 is 11.6 Å². The molecule has 22 heavy (non-hydrogen) atoms. The molecule has 0 amide bonds. The number of anilines is 1. The number of carbonyl (C=O) groups is 1. The number of hydrogen-bond acceptors (Lipinski definition) is 3. The number of aryl methyl sites for hydroxylation is 2. The Balaban J connectivity index is 1.97. The van der Waals surface area contributed by atoms with Gasteiger partial charge in [-0.2, -0.15) is 0 Å². The monoisotopic (exact) mass is 319 g/mol. The molecule has 4 nitrogen and oxygen atoms in total. The van der Waals surface area contributed by atoms with Crippen molar-refractivity contribution in [1.82, 2.24) is 0 Å². The van der Waals surface area contributed by atoms with Gasteiger partial charge < -0.3 is 15.2 Å². The van der Waals surface area contributed by atoms with E-state index < -0.39 is 5.97 Å². The van der Waals surface area contributed by atoms with Crippen molar-refractivity contribution in [2.45, 2.75) is 13.8 Å². The standard InChI is InChI=1S/C17H18ClNO3/c1-11-6-7-12(2)15(10-11)22-9-8-19-16-13(17(20)21)4-3-5-14(16)18/h3-7,10,19H,8-9H2,1-2H3,(H,20,21). The van der Waals surface area contributed by atoms with E-state index in [9.17, 15) is 4.79 Å². The molecule has 5 heteroatoms. The molecule has 0 spiro atoms. The van der Waals surface area contributed by atoms with Crippen LogP contribution in [0.3, 0.4) is 0 Å². The van der Waals surface area contributed by atoms with Crippen LogP contribution in [0.1, 0.15) is 21.5 Å². The Morgan fingerprint density at radius 2 is 2.05 bits per heavy atom. The molecular weight excluding hydrogens is 302 g/mol. The topological polar surface area (TPSA) is 58.6 Å². The van der Waals surface area contributed by atoms with Gasteiger partial charge in [0.2, 0.25) is 0 Å². The number of benzene rings is 2. The predicted molar refractivity (Wildman–Crippen MR) is 88.3 cm³/mol. The van der Waals surface area contributed by atoms with Gasteiger partial charge in [-0.15, -0.1) is 0 Å². The predicted octanol–water partition coefficient (Wildman–Crippen LogP) is 4.15. The van der Waals surface area contributed by atoms with Gasteiger partial charge in [-0.1, -0.05) is 29.8 Å². The van der Waals surface area contributed by atoms with Crippen molar-refractivity contribution in [2.75, 3.05) is 18.5 Å². The fourth-order valence-electron chi connectivity index (χ4n) is 2.08. The number of aromatic carboxylic acids is 1. The number of rotatable bonds is 6. The quantitative estimate of drug-likeness (QED) is 0.785. The number of halogens is 1. The third kappa shape index (κ3) is 3.92. The van der Waals surface area contributed by atoms with Crippen molar-refractivity contribution in [2.24, 2.45) is 0 Å². The number of hydrogen-bond donors (Lipinski definition) is 2. The first-order chi connectivity index (χ1) is 10.5. The van der Waals surface area contributed by atoms with Crippen LogP contribution in [-0.4, -0.2) is 24.2 Å². The SMILES string of the molecule is Cc1ccc(C)c(OCCNc2c(Cl)cccc2C(=O)O)c1. The highest BCUT2D eigenvalue weighted by Gasteiger charge is 2.12. The summed E-state index contributed by atoms with van der Waals surface area (Å²) in [6.07, 6.45) is 0. The first-order valence-corrected chi connectivity index (χ1v) is 7.32. The molecule has 0 radical (unpaired) electrons. The Kier molecular flexibility index (Phi) is 5.28. The molecule has 2 aromatic carbocycles. The molecule has 0 fully saturated rings. The van der Waals surface area contributed by atoms with Gasteiger partial charge in [0.1, 0.15) is 12.4 Å². The normalized spacial score (nSPS) is 10.3. The third-order valence-corrected chi connectivity index (χ3v) is 3.56. The molecule has 0 saturated heterocycles. The lowest BCUT2D eigenvalue weighted by molar-refractivity contribution is 0.0698. The van der Waals surface area contributed by atoms with E-state index in [2.05, 4.69) is 5.32 Å². The average Bonchev–Trinajstić information content (AvgIpc) is 2.48. The van der Waals surface area contributed by atoms with Gasteiger partial charge in [-0.25, -0.2) is 4.79 Å². The molecule has 0 atom stereocenters. The summed E-state index contributed by atoms with van der Waals surface area (Å²) in [5.41, 5.74) is 2.77. The summed E-state index contributed by atoms with van der Waals surface area (Å²) in [7, 11) is 0. The molecule has 0 aromatic heterocycles. The Morgan fingerprint density at radius 1 is 1.27 bits per heavy atom. The van der Waals surface area contributed by atoms with E-state index in [0.29, 0.717) is 23.9 Å². The Labute approximate surface area is 134 Å². The average molecular weight is 320 g/mol. The van der Waals surface area contributed by atoms with E-state index >= 15 is 0 Å². The molecule has 0 aliphatic carbocycles. The van der Waals surface area contributed by atoms with Crippen LogP contribution < -0.4 is 10.1 Å². The molecule has 2 aromatic rings. The zero-order chi connectivity index (χ0) is 16.1. The molecule has 0 saturated carbocycles. The Bertz CT molecular complexity index is 686. The smallest absolute Gasteiger partial charge is 0.337 e. The summed E-state index contributed by atoms with van der Waals surface area (Å²) < 4.78 is 5.73. The van der Waals surface area contributed by atoms with Gasteiger partial charge in [-0.05, 0) is 43.2 Å². The summed E-state index contributed by atoms with van der Waals surface area (Å²) in [6.45, 7) is 4.86. The maximum Gasteiger partial charge on any atom is 0.337 e. The minimum Gasteiger partial charge on any atom is -0.491 e. The lowest BCUT2D eigenvalue weighted by Crippen LogP contribution is -2.14. The van der Waals surface area contributed by atoms with E-state index in [4.69, 9.17) is 21.4 Å². The third-order valence-electron chi connectivity index (χ3n) is 3.25. The van der Waals surface area contributed by atoms with Crippen molar-refractivity contribution >= 4 is 23.3 Å². The van der Waals surface area contributed by atoms with Crippen molar-refractivity contribution in [3.63, 3.8) is 0 Å². The summed E-state index contributed by atoms with van der Waals surface area (Å²) in [5, 5.41) is 12.6. The highest BCUT2D eigenvalue weighted by Crippen LogP contribution is 2.26. The lowest BCUT2D eigenvalue weighted by Gasteiger charge is -2.13. The molecule has 0 bridgehead atoms. The molecule has 0 heterocycles. The summed E-state index contributed by atoms with van der Waals surface area (Å²) in [4.78, 5) is 11.2. The second-order valence-electron chi connectivity index (χ2n) is 5.01. The highest BCUT2D eigenvalue weighted by atomic mass is 35.5. The van der Waals surface area contributed by atoms with Crippen molar-refractivity contribution < 1.29 is 14.6 Å². The van der Waals surface area contributed by atoms with Crippen molar-refractivity contribution in [1.29, 1.82) is 0 Å². The van der Waals surface area contributed by atoms with Crippen LogP contribution in [0.2, 0.25) is 5.02 Å². The second kappa shape index (κ2) is 7.18. The largest absolute Gasteiger partial charge is 0.491 e. The fourth-order valence-corrected chi connectivity index (χ4v) is 2.32. The van der Waals surface area contributed by atoms with Gasteiger partial charge in [0.05, 0.1) is 16.3 Å². The second-order valence-corrected chi connectivity index (χ2v) is 5.42. The molecule has 0 aliphatic heterocycles. The summed E-state index contributed by atoms with van der Waals surface area (Å²) in [5.74, 6) is -0.181. The van der Waals surface area contributed by atoms with Gasteiger partial charge in [0.15, 0.2) is 0 Å². The maximum atomic E-state index is 11.2.